The van der Waals surface area contributed by atoms with Crippen LogP contribution < -0.4 is 10.6 Å². The van der Waals surface area contributed by atoms with Crippen molar-refractivity contribution in [3.8, 4) is 0 Å². The topological polar surface area (TPSA) is 71.3 Å². The molecule has 0 radical (unpaired) electrons. The van der Waals surface area contributed by atoms with Crippen LogP contribution >= 0.6 is 11.8 Å². The second kappa shape index (κ2) is 9.80. The summed E-state index contributed by atoms with van der Waals surface area (Å²) < 4.78 is 5.20. The average molecular weight is 394 g/mol. The number of thioether (sulfide) groups is 1. The number of amides is 2. The SMILES string of the molecule is Cc1ccc(SCC(=O)NCc2cccc(C(=O)NCc3ccco3)c2)cc1. The van der Waals surface area contributed by atoms with E-state index in [0.717, 1.165) is 10.5 Å². The molecule has 0 unspecified atom stereocenters. The first-order valence-electron chi connectivity index (χ1n) is 8.96. The van der Waals surface area contributed by atoms with Gasteiger partial charge in [-0.05, 0) is 48.9 Å². The molecule has 0 atom stereocenters. The molecule has 6 heteroatoms. The zero-order valence-corrected chi connectivity index (χ0v) is 16.4. The molecule has 0 saturated carbocycles. The van der Waals surface area contributed by atoms with Crippen LogP contribution in [0.3, 0.4) is 0 Å². The van der Waals surface area contributed by atoms with Gasteiger partial charge in [0.2, 0.25) is 5.91 Å². The molecule has 0 spiro atoms. The zero-order valence-electron chi connectivity index (χ0n) is 15.6. The Morgan fingerprint density at radius 2 is 1.79 bits per heavy atom. The Morgan fingerprint density at radius 1 is 0.964 bits per heavy atom. The van der Waals surface area contributed by atoms with Gasteiger partial charge in [0.15, 0.2) is 0 Å². The quantitative estimate of drug-likeness (QED) is 0.568. The zero-order chi connectivity index (χ0) is 19.8. The molecule has 28 heavy (non-hydrogen) atoms. The van der Waals surface area contributed by atoms with Gasteiger partial charge in [-0.25, -0.2) is 0 Å². The number of nitrogens with one attached hydrogen (secondary N) is 2. The van der Waals surface area contributed by atoms with Crippen LogP contribution in [-0.4, -0.2) is 17.6 Å². The first kappa shape index (κ1) is 19.8. The van der Waals surface area contributed by atoms with Gasteiger partial charge >= 0.3 is 0 Å². The molecule has 1 heterocycles. The third-order valence-corrected chi connectivity index (χ3v) is 5.09. The lowest BCUT2D eigenvalue weighted by molar-refractivity contribution is -0.118. The minimum absolute atomic E-state index is 0.0433. The van der Waals surface area contributed by atoms with Crippen molar-refractivity contribution in [3.63, 3.8) is 0 Å². The van der Waals surface area contributed by atoms with E-state index in [2.05, 4.69) is 10.6 Å². The van der Waals surface area contributed by atoms with E-state index < -0.39 is 0 Å². The number of benzene rings is 2. The van der Waals surface area contributed by atoms with E-state index >= 15 is 0 Å². The molecule has 2 aromatic carbocycles. The maximum atomic E-state index is 12.3. The molecule has 144 valence electrons. The lowest BCUT2D eigenvalue weighted by Gasteiger charge is -2.08. The minimum Gasteiger partial charge on any atom is -0.467 e. The van der Waals surface area contributed by atoms with Crippen LogP contribution in [0.1, 0.15) is 27.2 Å². The third kappa shape index (κ3) is 6.03. The Morgan fingerprint density at radius 3 is 2.54 bits per heavy atom. The van der Waals surface area contributed by atoms with Crippen LogP contribution in [0.5, 0.6) is 0 Å². The fraction of sp³-hybridized carbons (Fsp3) is 0.182. The predicted octanol–water partition coefficient (Wildman–Crippen LogP) is 3.93. The molecule has 5 nitrogen and oxygen atoms in total. The molecule has 0 aliphatic carbocycles. The molecule has 2 amide bonds. The van der Waals surface area contributed by atoms with Gasteiger partial charge in [-0.3, -0.25) is 9.59 Å². The lowest BCUT2D eigenvalue weighted by Crippen LogP contribution is -2.25. The molecule has 2 N–H and O–H groups in total. The highest BCUT2D eigenvalue weighted by atomic mass is 32.2. The Labute approximate surface area is 168 Å². The fourth-order valence-corrected chi connectivity index (χ4v) is 3.27. The second-order valence-electron chi connectivity index (χ2n) is 6.34. The van der Waals surface area contributed by atoms with Gasteiger partial charge in [0.1, 0.15) is 5.76 Å². The summed E-state index contributed by atoms with van der Waals surface area (Å²) in [7, 11) is 0. The molecular weight excluding hydrogens is 372 g/mol. The smallest absolute Gasteiger partial charge is 0.251 e. The molecule has 0 saturated heterocycles. The van der Waals surface area contributed by atoms with Crippen molar-refractivity contribution in [3.05, 3.63) is 89.4 Å². The van der Waals surface area contributed by atoms with Crippen molar-refractivity contribution < 1.29 is 14.0 Å². The summed E-state index contributed by atoms with van der Waals surface area (Å²) in [5.41, 5.74) is 2.62. The van der Waals surface area contributed by atoms with E-state index in [-0.39, 0.29) is 11.8 Å². The van der Waals surface area contributed by atoms with E-state index in [1.165, 1.54) is 17.3 Å². The normalized spacial score (nSPS) is 10.5. The Balaban J connectivity index is 1.46. The van der Waals surface area contributed by atoms with Gasteiger partial charge in [0, 0.05) is 17.0 Å². The van der Waals surface area contributed by atoms with E-state index in [1.54, 1.807) is 30.5 Å². The average Bonchev–Trinajstić information content (AvgIpc) is 3.24. The molecule has 0 fully saturated rings. The van der Waals surface area contributed by atoms with Crippen molar-refractivity contribution >= 4 is 23.6 Å². The standard InChI is InChI=1S/C22H22N2O3S/c1-16-7-9-20(10-8-16)28-15-21(25)23-13-17-4-2-5-18(12-17)22(26)24-14-19-6-3-11-27-19/h2-12H,13-15H2,1H3,(H,23,25)(H,24,26). The number of aryl methyl sites for hydroxylation is 1. The number of carbonyl (C=O) groups excluding carboxylic acids is 2. The first-order chi connectivity index (χ1) is 13.6. The van der Waals surface area contributed by atoms with E-state index in [0.29, 0.717) is 30.2 Å². The summed E-state index contributed by atoms with van der Waals surface area (Å²) in [5, 5.41) is 5.71. The molecular formula is C22H22N2O3S. The monoisotopic (exact) mass is 394 g/mol. The first-order valence-corrected chi connectivity index (χ1v) is 9.94. The van der Waals surface area contributed by atoms with Gasteiger partial charge < -0.3 is 15.1 Å². The van der Waals surface area contributed by atoms with Gasteiger partial charge in [-0.2, -0.15) is 0 Å². The molecule has 0 aliphatic heterocycles. The van der Waals surface area contributed by atoms with E-state index in [4.69, 9.17) is 4.42 Å². The molecule has 0 aliphatic rings. The van der Waals surface area contributed by atoms with Crippen LogP contribution in [0, 0.1) is 6.92 Å². The van der Waals surface area contributed by atoms with Crippen molar-refractivity contribution in [1.29, 1.82) is 0 Å². The van der Waals surface area contributed by atoms with Crippen molar-refractivity contribution in [1.82, 2.24) is 10.6 Å². The molecule has 0 bridgehead atoms. The number of furan rings is 1. The van der Waals surface area contributed by atoms with E-state index in [9.17, 15) is 9.59 Å². The fourth-order valence-electron chi connectivity index (χ4n) is 2.54. The molecule has 1 aromatic heterocycles. The third-order valence-electron chi connectivity index (χ3n) is 4.07. The number of carbonyl (C=O) groups is 2. The van der Waals surface area contributed by atoms with Gasteiger partial charge in [-0.15, -0.1) is 11.8 Å². The Hall–Kier alpha value is -2.99. The number of hydrogen-bond acceptors (Lipinski definition) is 4. The minimum atomic E-state index is -0.181. The lowest BCUT2D eigenvalue weighted by atomic mass is 10.1. The maximum absolute atomic E-state index is 12.3. The summed E-state index contributed by atoms with van der Waals surface area (Å²) in [4.78, 5) is 25.4. The largest absolute Gasteiger partial charge is 0.467 e. The van der Waals surface area contributed by atoms with Gasteiger partial charge in [-0.1, -0.05) is 29.8 Å². The van der Waals surface area contributed by atoms with Crippen LogP contribution in [-0.2, 0) is 17.9 Å². The number of rotatable bonds is 8. The van der Waals surface area contributed by atoms with Gasteiger partial charge in [0.05, 0.1) is 18.6 Å². The summed E-state index contributed by atoms with van der Waals surface area (Å²) in [5.74, 6) is 0.826. The van der Waals surface area contributed by atoms with Crippen molar-refractivity contribution in [2.75, 3.05) is 5.75 Å². The van der Waals surface area contributed by atoms with E-state index in [1.807, 2.05) is 43.3 Å². The van der Waals surface area contributed by atoms with Crippen LogP contribution in [0.4, 0.5) is 0 Å². The summed E-state index contributed by atoms with van der Waals surface area (Å²) in [6, 6.07) is 18.9. The summed E-state index contributed by atoms with van der Waals surface area (Å²) >= 11 is 1.50. The predicted molar refractivity (Wildman–Crippen MR) is 110 cm³/mol. The van der Waals surface area contributed by atoms with Gasteiger partial charge in [0.25, 0.3) is 5.91 Å². The maximum Gasteiger partial charge on any atom is 0.251 e. The number of hydrogen-bond donors (Lipinski definition) is 2. The summed E-state index contributed by atoms with van der Waals surface area (Å²) in [6.45, 7) is 2.75. The molecule has 3 aromatic rings. The van der Waals surface area contributed by atoms with Crippen LogP contribution in [0.25, 0.3) is 0 Å². The highest BCUT2D eigenvalue weighted by Crippen LogP contribution is 2.17. The molecule has 3 rings (SSSR count). The van der Waals surface area contributed by atoms with Crippen LogP contribution in [0.2, 0.25) is 0 Å². The second-order valence-corrected chi connectivity index (χ2v) is 7.39. The highest BCUT2D eigenvalue weighted by Gasteiger charge is 2.08. The summed E-state index contributed by atoms with van der Waals surface area (Å²) in [6.07, 6.45) is 1.57. The Bertz CT molecular complexity index is 921. The Kier molecular flexibility index (Phi) is 6.92. The van der Waals surface area contributed by atoms with Crippen LogP contribution in [0.15, 0.2) is 76.2 Å². The van der Waals surface area contributed by atoms with Crippen molar-refractivity contribution in [2.24, 2.45) is 0 Å². The van der Waals surface area contributed by atoms with Crippen molar-refractivity contribution in [2.45, 2.75) is 24.9 Å². The highest BCUT2D eigenvalue weighted by molar-refractivity contribution is 8.00.